The Balaban J connectivity index is 1.56. The average molecular weight is 412 g/mol. The van der Waals surface area contributed by atoms with Crippen molar-refractivity contribution >= 4 is 11.8 Å². The average Bonchev–Trinajstić information content (AvgIpc) is 3.16. The van der Waals surface area contributed by atoms with E-state index >= 15 is 0 Å². The molecule has 30 heavy (non-hydrogen) atoms. The Bertz CT molecular complexity index is 871. The lowest BCUT2D eigenvalue weighted by Gasteiger charge is -2.20. The van der Waals surface area contributed by atoms with Gasteiger partial charge in [0.25, 0.3) is 0 Å². The molecule has 1 aliphatic rings. The molecule has 1 aliphatic heterocycles. The Morgan fingerprint density at radius 1 is 1.17 bits per heavy atom. The molecule has 0 aliphatic carbocycles. The van der Waals surface area contributed by atoms with Crippen LogP contribution in [-0.4, -0.2) is 55.7 Å². The van der Waals surface area contributed by atoms with E-state index in [-0.39, 0.29) is 24.8 Å². The van der Waals surface area contributed by atoms with Crippen molar-refractivity contribution in [2.24, 2.45) is 5.92 Å². The van der Waals surface area contributed by atoms with Gasteiger partial charge in [0.1, 0.15) is 0 Å². The molecule has 2 amide bonds. The van der Waals surface area contributed by atoms with E-state index in [4.69, 9.17) is 9.47 Å². The number of likely N-dealkylation sites (tertiary alicyclic amines) is 1. The summed E-state index contributed by atoms with van der Waals surface area (Å²) in [5, 5.41) is 12.5. The third kappa shape index (κ3) is 5.10. The van der Waals surface area contributed by atoms with Gasteiger partial charge in [-0.05, 0) is 29.7 Å². The third-order valence-electron chi connectivity index (χ3n) is 5.40. The lowest BCUT2D eigenvalue weighted by Crippen LogP contribution is -2.37. The van der Waals surface area contributed by atoms with Crippen molar-refractivity contribution in [3.05, 3.63) is 59.7 Å². The molecule has 2 N–H and O–H groups in total. The standard InChI is InChI=1S/C23H28N2O5/c1-29-20-9-8-16(12-21(20)30-2)10-11-25-14-18(13-22(25)27)23(28)24-19(15-26)17-6-4-3-5-7-17/h3-9,12,18-19,26H,10-11,13-15H2,1-2H3,(H,24,28)/t18?,19-/m1/s1. The predicted molar refractivity (Wildman–Crippen MR) is 112 cm³/mol. The highest BCUT2D eigenvalue weighted by Crippen LogP contribution is 2.28. The number of aliphatic hydroxyl groups excluding tert-OH is 1. The van der Waals surface area contributed by atoms with E-state index in [9.17, 15) is 14.7 Å². The van der Waals surface area contributed by atoms with Crippen molar-refractivity contribution in [3.8, 4) is 11.5 Å². The van der Waals surface area contributed by atoms with Gasteiger partial charge < -0.3 is 24.8 Å². The predicted octanol–water partition coefficient (Wildman–Crippen LogP) is 1.94. The van der Waals surface area contributed by atoms with Crippen LogP contribution in [0, 0.1) is 5.92 Å². The number of aliphatic hydroxyl groups is 1. The van der Waals surface area contributed by atoms with E-state index in [2.05, 4.69) is 5.32 Å². The molecular weight excluding hydrogens is 384 g/mol. The van der Waals surface area contributed by atoms with Gasteiger partial charge in [0, 0.05) is 19.5 Å². The van der Waals surface area contributed by atoms with E-state index < -0.39 is 12.0 Å². The van der Waals surface area contributed by atoms with Gasteiger partial charge in [0.2, 0.25) is 11.8 Å². The fourth-order valence-corrected chi connectivity index (χ4v) is 3.67. The molecule has 1 unspecified atom stereocenters. The van der Waals surface area contributed by atoms with Crippen molar-refractivity contribution in [2.45, 2.75) is 18.9 Å². The summed E-state index contributed by atoms with van der Waals surface area (Å²) in [6.07, 6.45) is 0.842. The Morgan fingerprint density at radius 2 is 1.90 bits per heavy atom. The van der Waals surface area contributed by atoms with Crippen LogP contribution >= 0.6 is 0 Å². The summed E-state index contributed by atoms with van der Waals surface area (Å²) in [5.41, 5.74) is 1.86. The molecule has 0 spiro atoms. The van der Waals surface area contributed by atoms with Crippen molar-refractivity contribution in [1.82, 2.24) is 10.2 Å². The van der Waals surface area contributed by atoms with Gasteiger partial charge in [0.05, 0.1) is 32.8 Å². The van der Waals surface area contributed by atoms with Crippen LogP contribution in [0.25, 0.3) is 0 Å². The number of ether oxygens (including phenoxy) is 2. The normalized spacial score (nSPS) is 17.0. The molecule has 7 nitrogen and oxygen atoms in total. The second kappa shape index (κ2) is 10.1. The van der Waals surface area contributed by atoms with Crippen LogP contribution in [0.3, 0.4) is 0 Å². The maximum Gasteiger partial charge on any atom is 0.225 e. The van der Waals surface area contributed by atoms with Gasteiger partial charge in [-0.3, -0.25) is 9.59 Å². The lowest BCUT2D eigenvalue weighted by atomic mass is 10.0. The highest BCUT2D eigenvalue weighted by atomic mass is 16.5. The fourth-order valence-electron chi connectivity index (χ4n) is 3.67. The molecule has 3 rings (SSSR count). The number of nitrogens with zero attached hydrogens (tertiary/aromatic N) is 1. The summed E-state index contributed by atoms with van der Waals surface area (Å²) in [6, 6.07) is 14.5. The topological polar surface area (TPSA) is 88.1 Å². The van der Waals surface area contributed by atoms with Crippen molar-refractivity contribution < 1.29 is 24.2 Å². The first kappa shape index (κ1) is 21.6. The Labute approximate surface area is 176 Å². The molecule has 0 bridgehead atoms. The van der Waals surface area contributed by atoms with Crippen LogP contribution in [0.4, 0.5) is 0 Å². The van der Waals surface area contributed by atoms with Gasteiger partial charge in [-0.1, -0.05) is 36.4 Å². The summed E-state index contributed by atoms with van der Waals surface area (Å²) in [4.78, 5) is 26.8. The SMILES string of the molecule is COc1ccc(CCN2CC(C(=O)N[C@H](CO)c3ccccc3)CC2=O)cc1OC. The quantitative estimate of drug-likeness (QED) is 0.657. The number of hydrogen-bond acceptors (Lipinski definition) is 5. The molecule has 1 fully saturated rings. The first-order chi connectivity index (χ1) is 14.5. The van der Waals surface area contributed by atoms with Gasteiger partial charge in [0.15, 0.2) is 11.5 Å². The molecule has 1 saturated heterocycles. The Kier molecular flexibility index (Phi) is 7.30. The molecule has 2 aromatic rings. The second-order valence-corrected chi connectivity index (χ2v) is 7.33. The van der Waals surface area contributed by atoms with Crippen LogP contribution in [0.5, 0.6) is 11.5 Å². The highest BCUT2D eigenvalue weighted by molar-refractivity contribution is 5.89. The number of carbonyl (C=O) groups excluding carboxylic acids is 2. The molecule has 0 radical (unpaired) electrons. The van der Waals surface area contributed by atoms with Gasteiger partial charge in [-0.2, -0.15) is 0 Å². The number of rotatable bonds is 9. The first-order valence-corrected chi connectivity index (χ1v) is 10.0. The number of benzene rings is 2. The van der Waals surface area contributed by atoms with Gasteiger partial charge in [-0.15, -0.1) is 0 Å². The first-order valence-electron chi connectivity index (χ1n) is 10.0. The minimum absolute atomic E-state index is 0.0316. The molecular formula is C23H28N2O5. The van der Waals surface area contributed by atoms with E-state index in [0.29, 0.717) is 31.0 Å². The molecule has 0 saturated carbocycles. The summed E-state index contributed by atoms with van der Waals surface area (Å²) >= 11 is 0. The van der Waals surface area contributed by atoms with Crippen LogP contribution in [-0.2, 0) is 16.0 Å². The van der Waals surface area contributed by atoms with Gasteiger partial charge >= 0.3 is 0 Å². The van der Waals surface area contributed by atoms with E-state index in [1.807, 2.05) is 48.5 Å². The van der Waals surface area contributed by atoms with Crippen molar-refractivity contribution in [3.63, 3.8) is 0 Å². The maximum absolute atomic E-state index is 12.7. The Hall–Kier alpha value is -3.06. The summed E-state index contributed by atoms with van der Waals surface area (Å²) < 4.78 is 10.6. The van der Waals surface area contributed by atoms with Crippen LogP contribution in [0.15, 0.2) is 48.5 Å². The zero-order chi connectivity index (χ0) is 21.5. The van der Waals surface area contributed by atoms with Crippen LogP contribution in [0.1, 0.15) is 23.6 Å². The lowest BCUT2D eigenvalue weighted by molar-refractivity contribution is -0.129. The van der Waals surface area contributed by atoms with E-state index in [1.54, 1.807) is 19.1 Å². The fraction of sp³-hybridized carbons (Fsp3) is 0.391. The highest BCUT2D eigenvalue weighted by Gasteiger charge is 2.34. The molecule has 1 heterocycles. The summed E-state index contributed by atoms with van der Waals surface area (Å²) in [5.74, 6) is 0.652. The van der Waals surface area contributed by atoms with Crippen molar-refractivity contribution in [2.75, 3.05) is 33.9 Å². The number of nitrogens with one attached hydrogen (secondary N) is 1. The second-order valence-electron chi connectivity index (χ2n) is 7.33. The largest absolute Gasteiger partial charge is 0.493 e. The summed E-state index contributed by atoms with van der Waals surface area (Å²) in [6.45, 7) is 0.713. The maximum atomic E-state index is 12.7. The molecule has 2 aromatic carbocycles. The molecule has 7 heteroatoms. The number of methoxy groups -OCH3 is 2. The van der Waals surface area contributed by atoms with Crippen LogP contribution < -0.4 is 14.8 Å². The minimum Gasteiger partial charge on any atom is -0.493 e. The number of carbonyl (C=O) groups is 2. The van der Waals surface area contributed by atoms with Crippen LogP contribution in [0.2, 0.25) is 0 Å². The minimum atomic E-state index is -0.477. The monoisotopic (exact) mass is 412 g/mol. The Morgan fingerprint density at radius 3 is 2.57 bits per heavy atom. The zero-order valence-corrected chi connectivity index (χ0v) is 17.3. The van der Waals surface area contributed by atoms with Crippen molar-refractivity contribution in [1.29, 1.82) is 0 Å². The molecule has 0 aromatic heterocycles. The third-order valence-corrected chi connectivity index (χ3v) is 5.40. The molecule has 160 valence electrons. The molecule has 2 atom stereocenters. The number of hydrogen-bond donors (Lipinski definition) is 2. The van der Waals surface area contributed by atoms with Gasteiger partial charge in [-0.25, -0.2) is 0 Å². The smallest absolute Gasteiger partial charge is 0.225 e. The number of amides is 2. The zero-order valence-electron chi connectivity index (χ0n) is 17.3. The van der Waals surface area contributed by atoms with E-state index in [1.165, 1.54) is 0 Å². The van der Waals surface area contributed by atoms with E-state index in [0.717, 1.165) is 11.1 Å². The summed E-state index contributed by atoms with van der Waals surface area (Å²) in [7, 11) is 3.18.